The van der Waals surface area contributed by atoms with E-state index < -0.39 is 0 Å². The van der Waals surface area contributed by atoms with Crippen LogP contribution in [0.2, 0.25) is 0 Å². The number of nitrogens with zero attached hydrogens (tertiary/aromatic N) is 5. The van der Waals surface area contributed by atoms with E-state index in [9.17, 15) is 0 Å². The Balaban J connectivity index is 1.38. The molecule has 1 fully saturated rings. The lowest BCUT2D eigenvalue weighted by molar-refractivity contribution is 0.472. The van der Waals surface area contributed by atoms with E-state index in [1.54, 1.807) is 17.7 Å². The van der Waals surface area contributed by atoms with Crippen molar-refractivity contribution in [2.24, 2.45) is 0 Å². The van der Waals surface area contributed by atoms with Crippen molar-refractivity contribution >= 4 is 22.4 Å². The normalized spacial score (nSPS) is 20.3. The van der Waals surface area contributed by atoms with Gasteiger partial charge < -0.3 is 0 Å². The largest absolute Gasteiger partial charge is 0.244 e. The van der Waals surface area contributed by atoms with Gasteiger partial charge in [0.1, 0.15) is 6.33 Å². The minimum Gasteiger partial charge on any atom is -0.244 e. The summed E-state index contributed by atoms with van der Waals surface area (Å²) in [5, 5.41) is 8.98. The fraction of sp³-hybridized carbons (Fsp3) is 0.263. The summed E-state index contributed by atoms with van der Waals surface area (Å²) >= 11 is 1.78. The third-order valence-electron chi connectivity index (χ3n) is 4.95. The maximum absolute atomic E-state index is 4.90. The van der Waals surface area contributed by atoms with Gasteiger partial charge in [0, 0.05) is 23.1 Å². The first-order chi connectivity index (χ1) is 12.4. The Morgan fingerprint density at radius 3 is 2.92 bits per heavy atom. The van der Waals surface area contributed by atoms with Crippen molar-refractivity contribution in [1.29, 1.82) is 0 Å². The maximum Gasteiger partial charge on any atom is 0.161 e. The van der Waals surface area contributed by atoms with Crippen LogP contribution in [0.25, 0.3) is 22.3 Å². The highest BCUT2D eigenvalue weighted by Crippen LogP contribution is 2.43. The molecule has 6 heteroatoms. The third-order valence-corrected chi connectivity index (χ3v) is 5.96. The van der Waals surface area contributed by atoms with Crippen molar-refractivity contribution in [3.05, 3.63) is 59.4 Å². The molecule has 5 nitrogen and oxygen atoms in total. The molecule has 0 unspecified atom stereocenters. The first-order valence-corrected chi connectivity index (χ1v) is 9.40. The predicted molar refractivity (Wildman–Crippen MR) is 98.5 cm³/mol. The molecule has 5 rings (SSSR count). The molecule has 3 heterocycles. The first kappa shape index (κ1) is 14.7. The predicted octanol–water partition coefficient (Wildman–Crippen LogP) is 4.46. The van der Waals surface area contributed by atoms with E-state index in [4.69, 9.17) is 4.98 Å². The van der Waals surface area contributed by atoms with Gasteiger partial charge in [0.05, 0.1) is 28.3 Å². The summed E-state index contributed by atoms with van der Waals surface area (Å²) in [6.45, 7) is 0. The van der Waals surface area contributed by atoms with Gasteiger partial charge in [0.2, 0.25) is 0 Å². The van der Waals surface area contributed by atoms with Gasteiger partial charge in [-0.2, -0.15) is 5.10 Å². The highest BCUT2D eigenvalue weighted by atomic mass is 32.1. The first-order valence-electron chi connectivity index (χ1n) is 8.52. The molecule has 0 saturated heterocycles. The summed E-state index contributed by atoms with van der Waals surface area (Å²) in [6.07, 6.45) is 8.62. The quantitative estimate of drug-likeness (QED) is 0.549. The molecule has 0 amide bonds. The van der Waals surface area contributed by atoms with E-state index in [0.29, 0.717) is 12.0 Å². The Labute approximate surface area is 149 Å². The number of hydrogen-bond donors (Lipinski definition) is 0. The summed E-state index contributed by atoms with van der Waals surface area (Å²) < 4.78 is 2.07. The molecule has 0 radical (unpaired) electrons. The molecule has 1 aliphatic rings. The van der Waals surface area contributed by atoms with Crippen LogP contribution in [0.4, 0.5) is 0 Å². The topological polar surface area (TPSA) is 56.5 Å². The Kier molecular flexibility index (Phi) is 3.56. The summed E-state index contributed by atoms with van der Waals surface area (Å²) in [4.78, 5) is 13.4. The molecule has 1 aliphatic carbocycles. The molecule has 1 saturated carbocycles. The molecular formula is C19H17N5S. The summed E-state index contributed by atoms with van der Waals surface area (Å²) in [7, 11) is 0. The van der Waals surface area contributed by atoms with Gasteiger partial charge in [-0.3, -0.25) is 0 Å². The summed E-state index contributed by atoms with van der Waals surface area (Å²) in [5.41, 5.74) is 3.21. The van der Waals surface area contributed by atoms with Crippen molar-refractivity contribution < 1.29 is 0 Å². The van der Waals surface area contributed by atoms with Gasteiger partial charge in [-0.1, -0.05) is 30.3 Å². The zero-order valence-electron chi connectivity index (χ0n) is 13.6. The van der Waals surface area contributed by atoms with Crippen LogP contribution in [0.1, 0.15) is 36.2 Å². The molecule has 4 aromatic rings. The van der Waals surface area contributed by atoms with Gasteiger partial charge in [0.15, 0.2) is 5.65 Å². The molecule has 0 bridgehead atoms. The molecule has 0 N–H and O–H groups in total. The molecular weight excluding hydrogens is 330 g/mol. The smallest absolute Gasteiger partial charge is 0.161 e. The maximum atomic E-state index is 4.90. The lowest BCUT2D eigenvalue weighted by Gasteiger charge is -2.11. The SMILES string of the molecule is c1ccc(-c2csc([C@H]3CC[C@H](n4ncc5cncnc54)C3)n2)cc1. The molecule has 25 heavy (non-hydrogen) atoms. The molecule has 0 spiro atoms. The van der Waals surface area contributed by atoms with Crippen LogP contribution in [0.3, 0.4) is 0 Å². The molecule has 3 aromatic heterocycles. The Morgan fingerprint density at radius 1 is 1.08 bits per heavy atom. The average molecular weight is 347 g/mol. The lowest BCUT2D eigenvalue weighted by Crippen LogP contribution is -2.07. The second-order valence-corrected chi connectivity index (χ2v) is 7.38. The number of hydrogen-bond acceptors (Lipinski definition) is 5. The Morgan fingerprint density at radius 2 is 2.00 bits per heavy atom. The van der Waals surface area contributed by atoms with Gasteiger partial charge >= 0.3 is 0 Å². The van der Waals surface area contributed by atoms with E-state index in [-0.39, 0.29) is 0 Å². The molecule has 124 valence electrons. The Hall–Kier alpha value is -2.60. The number of fused-ring (bicyclic) bond motifs is 1. The summed E-state index contributed by atoms with van der Waals surface area (Å²) in [6, 6.07) is 10.8. The van der Waals surface area contributed by atoms with Crippen LogP contribution < -0.4 is 0 Å². The second kappa shape index (κ2) is 6.04. The highest BCUT2D eigenvalue weighted by molar-refractivity contribution is 7.10. The van der Waals surface area contributed by atoms with Crippen molar-refractivity contribution in [3.8, 4) is 11.3 Å². The van der Waals surface area contributed by atoms with Crippen LogP contribution in [0, 0.1) is 0 Å². The number of rotatable bonds is 3. The lowest BCUT2D eigenvalue weighted by atomic mass is 10.1. The van der Waals surface area contributed by atoms with Crippen LogP contribution in [-0.4, -0.2) is 24.7 Å². The zero-order chi connectivity index (χ0) is 16.6. The average Bonchev–Trinajstić information content (AvgIpc) is 3.40. The van der Waals surface area contributed by atoms with Crippen LogP contribution in [-0.2, 0) is 0 Å². The van der Waals surface area contributed by atoms with E-state index in [0.717, 1.165) is 36.0 Å². The second-order valence-electron chi connectivity index (χ2n) is 6.49. The Bertz CT molecular complexity index is 1010. The van der Waals surface area contributed by atoms with E-state index in [1.807, 2.05) is 18.5 Å². The van der Waals surface area contributed by atoms with Gasteiger partial charge in [-0.05, 0) is 19.3 Å². The molecule has 1 aromatic carbocycles. The van der Waals surface area contributed by atoms with Gasteiger partial charge in [0.25, 0.3) is 0 Å². The van der Waals surface area contributed by atoms with Crippen molar-refractivity contribution in [3.63, 3.8) is 0 Å². The van der Waals surface area contributed by atoms with Crippen molar-refractivity contribution in [2.75, 3.05) is 0 Å². The summed E-state index contributed by atoms with van der Waals surface area (Å²) in [5.74, 6) is 0.508. The van der Waals surface area contributed by atoms with Gasteiger partial charge in [-0.15, -0.1) is 11.3 Å². The number of thiazole rings is 1. The number of benzene rings is 1. The van der Waals surface area contributed by atoms with E-state index in [1.165, 1.54) is 10.6 Å². The molecule has 0 aliphatic heterocycles. The van der Waals surface area contributed by atoms with E-state index in [2.05, 4.69) is 49.4 Å². The standard InChI is InChI=1S/C19H17N5S/c1-2-4-13(5-3-1)17-11-25-19(23-17)14-6-7-16(8-14)24-18-15(10-22-24)9-20-12-21-18/h1-5,9-12,14,16H,6-8H2/t14-,16-/m0/s1. The fourth-order valence-electron chi connectivity index (χ4n) is 3.68. The zero-order valence-corrected chi connectivity index (χ0v) is 14.4. The molecule has 2 atom stereocenters. The van der Waals surface area contributed by atoms with Crippen LogP contribution in [0.15, 0.2) is 54.4 Å². The van der Waals surface area contributed by atoms with E-state index >= 15 is 0 Å². The van der Waals surface area contributed by atoms with Crippen molar-refractivity contribution in [1.82, 2.24) is 24.7 Å². The van der Waals surface area contributed by atoms with Crippen LogP contribution >= 0.6 is 11.3 Å². The highest BCUT2D eigenvalue weighted by Gasteiger charge is 2.30. The van der Waals surface area contributed by atoms with Crippen molar-refractivity contribution in [2.45, 2.75) is 31.2 Å². The number of aromatic nitrogens is 5. The monoisotopic (exact) mass is 347 g/mol. The van der Waals surface area contributed by atoms with Gasteiger partial charge in [-0.25, -0.2) is 19.6 Å². The fourth-order valence-corrected chi connectivity index (χ4v) is 4.66. The minimum absolute atomic E-state index is 0.390. The minimum atomic E-state index is 0.390. The van der Waals surface area contributed by atoms with Crippen LogP contribution in [0.5, 0.6) is 0 Å². The third kappa shape index (κ3) is 2.62.